The normalized spacial score (nSPS) is 11.3. The van der Waals surface area contributed by atoms with Crippen molar-refractivity contribution < 1.29 is 17.6 Å². The van der Waals surface area contributed by atoms with Crippen molar-refractivity contribution in [1.29, 1.82) is 0 Å². The molecule has 2 heterocycles. The van der Waals surface area contributed by atoms with Gasteiger partial charge in [0.1, 0.15) is 5.76 Å². The molecule has 1 aromatic carbocycles. The molecule has 0 aliphatic heterocycles. The van der Waals surface area contributed by atoms with Crippen molar-refractivity contribution in [2.24, 2.45) is 0 Å². The van der Waals surface area contributed by atoms with E-state index in [9.17, 15) is 13.2 Å². The molecule has 0 atom stereocenters. The maximum atomic E-state index is 12.5. The van der Waals surface area contributed by atoms with Gasteiger partial charge in [0.2, 0.25) is 10.0 Å². The molecule has 1 N–H and O–H groups in total. The Morgan fingerprint density at radius 3 is 2.46 bits per heavy atom. The number of rotatable bonds is 8. The molecule has 8 heteroatoms. The molecule has 0 radical (unpaired) electrons. The Bertz CT molecular complexity index is 1000. The van der Waals surface area contributed by atoms with Crippen molar-refractivity contribution in [3.8, 4) is 0 Å². The number of aromatic nitrogens is 1. The van der Waals surface area contributed by atoms with Gasteiger partial charge in [0.05, 0.1) is 17.7 Å². The van der Waals surface area contributed by atoms with Crippen LogP contribution in [0.1, 0.15) is 21.7 Å². The number of furan rings is 1. The number of pyridine rings is 1. The Hall–Kier alpha value is -2.97. The standard InChI is InChI=1S/C20H21N3O4S/c1-23(13-10-16-8-11-21-12-9-16)20(24)17-4-6-19(7-5-17)28(25,26)22-15-18-3-2-14-27-18/h2-9,11-12,14,22H,10,13,15H2,1H3. The fourth-order valence-corrected chi connectivity index (χ4v) is 3.60. The number of likely N-dealkylation sites (N-methyl/N-ethyl adjacent to an activating group) is 1. The van der Waals surface area contributed by atoms with Crippen LogP contribution in [0.25, 0.3) is 0 Å². The molecule has 146 valence electrons. The van der Waals surface area contributed by atoms with Gasteiger partial charge in [-0.3, -0.25) is 9.78 Å². The van der Waals surface area contributed by atoms with E-state index >= 15 is 0 Å². The first-order chi connectivity index (χ1) is 13.5. The molecule has 3 aromatic rings. The average molecular weight is 399 g/mol. The molecule has 0 aliphatic carbocycles. The van der Waals surface area contributed by atoms with Gasteiger partial charge in [0.15, 0.2) is 0 Å². The van der Waals surface area contributed by atoms with Crippen LogP contribution >= 0.6 is 0 Å². The van der Waals surface area contributed by atoms with Gasteiger partial charge in [-0.25, -0.2) is 13.1 Å². The fraction of sp³-hybridized carbons (Fsp3) is 0.200. The number of hydrogen-bond donors (Lipinski definition) is 1. The van der Waals surface area contributed by atoms with E-state index in [1.54, 1.807) is 36.5 Å². The second kappa shape index (κ2) is 8.81. The molecule has 2 aromatic heterocycles. The third-order valence-corrected chi connectivity index (χ3v) is 5.68. The van der Waals surface area contributed by atoms with Crippen LogP contribution in [-0.4, -0.2) is 37.8 Å². The molecular formula is C20H21N3O4S. The van der Waals surface area contributed by atoms with Crippen LogP contribution in [-0.2, 0) is 23.0 Å². The van der Waals surface area contributed by atoms with Crippen LogP contribution in [0, 0.1) is 0 Å². The lowest BCUT2D eigenvalue weighted by Crippen LogP contribution is -2.29. The minimum absolute atomic E-state index is 0.0633. The van der Waals surface area contributed by atoms with Crippen LogP contribution < -0.4 is 4.72 Å². The molecular weight excluding hydrogens is 378 g/mol. The first kappa shape index (κ1) is 19.8. The highest BCUT2D eigenvalue weighted by atomic mass is 32.2. The summed E-state index contributed by atoms with van der Waals surface area (Å²) in [7, 11) is -1.96. The van der Waals surface area contributed by atoms with E-state index in [0.717, 1.165) is 5.56 Å². The van der Waals surface area contributed by atoms with Crippen LogP contribution in [0.2, 0.25) is 0 Å². The van der Waals surface area contributed by atoms with Crippen molar-refractivity contribution >= 4 is 15.9 Å². The SMILES string of the molecule is CN(CCc1ccncc1)C(=O)c1ccc(S(=O)(=O)NCc2ccco2)cc1. The van der Waals surface area contributed by atoms with Crippen molar-refractivity contribution in [1.82, 2.24) is 14.6 Å². The predicted molar refractivity (Wildman–Crippen MR) is 104 cm³/mol. The van der Waals surface area contributed by atoms with Crippen molar-refractivity contribution in [2.45, 2.75) is 17.9 Å². The summed E-state index contributed by atoms with van der Waals surface area (Å²) in [4.78, 5) is 18.2. The lowest BCUT2D eigenvalue weighted by Gasteiger charge is -2.17. The quantitative estimate of drug-likeness (QED) is 0.628. The zero-order valence-electron chi connectivity index (χ0n) is 15.4. The van der Waals surface area contributed by atoms with Gasteiger partial charge in [-0.2, -0.15) is 0 Å². The van der Waals surface area contributed by atoms with Gasteiger partial charge in [0, 0.05) is 31.5 Å². The monoisotopic (exact) mass is 399 g/mol. The number of amides is 1. The maximum Gasteiger partial charge on any atom is 0.253 e. The third kappa shape index (κ3) is 5.05. The Balaban J connectivity index is 1.60. The number of nitrogens with zero attached hydrogens (tertiary/aromatic N) is 2. The molecule has 0 saturated carbocycles. The summed E-state index contributed by atoms with van der Waals surface area (Å²) in [5, 5.41) is 0. The molecule has 0 unspecified atom stereocenters. The summed E-state index contributed by atoms with van der Waals surface area (Å²) >= 11 is 0. The van der Waals surface area contributed by atoms with Crippen LogP contribution in [0.5, 0.6) is 0 Å². The second-order valence-corrected chi connectivity index (χ2v) is 8.03. The van der Waals surface area contributed by atoms with Crippen molar-refractivity contribution in [3.05, 3.63) is 84.1 Å². The van der Waals surface area contributed by atoms with Crippen molar-refractivity contribution in [2.75, 3.05) is 13.6 Å². The summed E-state index contributed by atoms with van der Waals surface area (Å²) in [6.45, 7) is 0.612. The van der Waals surface area contributed by atoms with E-state index in [1.807, 2.05) is 12.1 Å². The first-order valence-electron chi connectivity index (χ1n) is 8.72. The second-order valence-electron chi connectivity index (χ2n) is 6.26. The van der Waals surface area contributed by atoms with E-state index < -0.39 is 10.0 Å². The molecule has 7 nitrogen and oxygen atoms in total. The van der Waals surface area contributed by atoms with E-state index in [-0.39, 0.29) is 17.3 Å². The van der Waals surface area contributed by atoms with Crippen LogP contribution in [0.4, 0.5) is 0 Å². The minimum atomic E-state index is -3.69. The molecule has 0 aliphatic rings. The van der Waals surface area contributed by atoms with E-state index in [4.69, 9.17) is 4.42 Å². The number of carbonyl (C=O) groups excluding carboxylic acids is 1. The fourth-order valence-electron chi connectivity index (χ4n) is 2.61. The van der Waals surface area contributed by atoms with Crippen LogP contribution in [0.15, 0.2) is 76.5 Å². The summed E-state index contributed by atoms with van der Waals surface area (Å²) in [6.07, 6.45) is 5.63. The molecule has 1 amide bonds. The number of nitrogens with one attached hydrogen (secondary N) is 1. The van der Waals surface area contributed by atoms with Gasteiger partial charge in [-0.15, -0.1) is 0 Å². The number of benzene rings is 1. The Labute approximate surface area is 164 Å². The van der Waals surface area contributed by atoms with E-state index in [2.05, 4.69) is 9.71 Å². The molecule has 28 heavy (non-hydrogen) atoms. The van der Waals surface area contributed by atoms with Gasteiger partial charge < -0.3 is 9.32 Å². The Morgan fingerprint density at radius 1 is 1.11 bits per heavy atom. The number of carbonyl (C=O) groups is 1. The zero-order valence-corrected chi connectivity index (χ0v) is 16.2. The molecule has 0 fully saturated rings. The maximum absolute atomic E-state index is 12.5. The van der Waals surface area contributed by atoms with Gasteiger partial charge in [-0.05, 0) is 60.5 Å². The van der Waals surface area contributed by atoms with Gasteiger partial charge in [0.25, 0.3) is 5.91 Å². The summed E-state index contributed by atoms with van der Waals surface area (Å²) < 4.78 is 32.3. The Morgan fingerprint density at radius 2 is 1.82 bits per heavy atom. The van der Waals surface area contributed by atoms with Gasteiger partial charge in [-0.1, -0.05) is 0 Å². The topological polar surface area (TPSA) is 92.5 Å². The highest BCUT2D eigenvalue weighted by Gasteiger charge is 2.17. The molecule has 0 bridgehead atoms. The molecule has 0 saturated heterocycles. The number of hydrogen-bond acceptors (Lipinski definition) is 5. The van der Waals surface area contributed by atoms with Crippen molar-refractivity contribution in [3.63, 3.8) is 0 Å². The molecule has 0 spiro atoms. The van der Waals surface area contributed by atoms with Crippen LogP contribution in [0.3, 0.4) is 0 Å². The third-order valence-electron chi connectivity index (χ3n) is 4.26. The smallest absolute Gasteiger partial charge is 0.253 e. The highest BCUT2D eigenvalue weighted by molar-refractivity contribution is 7.89. The summed E-state index contributed by atoms with van der Waals surface area (Å²) in [5.41, 5.74) is 1.53. The summed E-state index contributed by atoms with van der Waals surface area (Å²) in [5.74, 6) is 0.354. The number of sulfonamides is 1. The molecule has 3 rings (SSSR count). The Kier molecular flexibility index (Phi) is 6.23. The largest absolute Gasteiger partial charge is 0.468 e. The van der Waals surface area contributed by atoms with E-state index in [1.165, 1.54) is 30.5 Å². The average Bonchev–Trinajstić information content (AvgIpc) is 3.25. The summed E-state index contributed by atoms with van der Waals surface area (Å²) in [6, 6.07) is 13.1. The lowest BCUT2D eigenvalue weighted by molar-refractivity contribution is 0.0796. The zero-order chi connectivity index (χ0) is 20.0. The predicted octanol–water partition coefficient (Wildman–Crippen LogP) is 2.47. The first-order valence-corrected chi connectivity index (χ1v) is 10.2. The highest BCUT2D eigenvalue weighted by Crippen LogP contribution is 2.13. The van der Waals surface area contributed by atoms with Gasteiger partial charge >= 0.3 is 0 Å². The lowest BCUT2D eigenvalue weighted by atomic mass is 10.1. The van der Waals surface area contributed by atoms with E-state index in [0.29, 0.717) is 24.3 Å². The minimum Gasteiger partial charge on any atom is -0.468 e.